The standard InChI is InChI=1S/C17H21N3O2/c21-16(10-20-12-18-14-5-1-2-6-15(14)20)19-13-9-17(22-11-13)7-3-4-8-17/h1-2,5-6,12-13H,3-4,7-11H2,(H,19,21)/t13-/m1/s1. The Morgan fingerprint density at radius 2 is 2.18 bits per heavy atom. The minimum absolute atomic E-state index is 0.0341. The number of amides is 1. The molecule has 1 spiro atoms. The second kappa shape index (κ2) is 5.39. The van der Waals surface area contributed by atoms with Gasteiger partial charge in [-0.15, -0.1) is 0 Å². The lowest BCUT2D eigenvalue weighted by molar-refractivity contribution is -0.122. The van der Waals surface area contributed by atoms with E-state index in [2.05, 4.69) is 10.3 Å². The molecule has 1 aromatic heterocycles. The van der Waals surface area contributed by atoms with Crippen molar-refractivity contribution in [3.63, 3.8) is 0 Å². The third kappa shape index (κ3) is 2.50. The molecule has 1 aromatic carbocycles. The summed E-state index contributed by atoms with van der Waals surface area (Å²) in [4.78, 5) is 16.6. The molecule has 1 aliphatic carbocycles. The summed E-state index contributed by atoms with van der Waals surface area (Å²) in [6.45, 7) is 0.959. The molecular formula is C17H21N3O2. The summed E-state index contributed by atoms with van der Waals surface area (Å²) in [6, 6.07) is 8.02. The summed E-state index contributed by atoms with van der Waals surface area (Å²) in [5.41, 5.74) is 1.97. The predicted molar refractivity (Wildman–Crippen MR) is 83.4 cm³/mol. The summed E-state index contributed by atoms with van der Waals surface area (Å²) >= 11 is 0. The quantitative estimate of drug-likeness (QED) is 0.946. The third-order valence-electron chi connectivity index (χ3n) is 4.93. The highest BCUT2D eigenvalue weighted by Crippen LogP contribution is 2.40. The summed E-state index contributed by atoms with van der Waals surface area (Å²) in [5.74, 6) is 0.0341. The predicted octanol–water partition coefficient (Wildman–Crippen LogP) is 2.25. The largest absolute Gasteiger partial charge is 0.373 e. The van der Waals surface area contributed by atoms with E-state index in [-0.39, 0.29) is 17.6 Å². The average molecular weight is 299 g/mol. The van der Waals surface area contributed by atoms with Crippen molar-refractivity contribution < 1.29 is 9.53 Å². The molecule has 1 N–H and O–H groups in total. The van der Waals surface area contributed by atoms with Crippen molar-refractivity contribution in [1.29, 1.82) is 0 Å². The highest BCUT2D eigenvalue weighted by Gasteiger charge is 2.42. The summed E-state index contributed by atoms with van der Waals surface area (Å²) in [6.07, 6.45) is 7.48. The Bertz CT molecular complexity index is 688. The van der Waals surface area contributed by atoms with Gasteiger partial charge in [-0.3, -0.25) is 4.79 Å². The molecule has 1 atom stereocenters. The molecular weight excluding hydrogens is 278 g/mol. The topological polar surface area (TPSA) is 56.2 Å². The first-order chi connectivity index (χ1) is 10.7. The molecule has 116 valence electrons. The van der Waals surface area contributed by atoms with Gasteiger partial charge in [-0.1, -0.05) is 25.0 Å². The van der Waals surface area contributed by atoms with E-state index in [4.69, 9.17) is 4.74 Å². The maximum Gasteiger partial charge on any atom is 0.240 e. The number of nitrogens with zero attached hydrogens (tertiary/aromatic N) is 2. The number of carbonyl (C=O) groups excluding carboxylic acids is 1. The van der Waals surface area contributed by atoms with Crippen LogP contribution in [0.5, 0.6) is 0 Å². The number of hydrogen-bond acceptors (Lipinski definition) is 3. The van der Waals surface area contributed by atoms with Crippen LogP contribution in [0.4, 0.5) is 0 Å². The first kappa shape index (κ1) is 13.8. The zero-order valence-corrected chi connectivity index (χ0v) is 12.6. The van der Waals surface area contributed by atoms with Gasteiger partial charge in [0.05, 0.1) is 35.6 Å². The molecule has 1 saturated heterocycles. The van der Waals surface area contributed by atoms with Gasteiger partial charge < -0.3 is 14.6 Å². The molecule has 5 heteroatoms. The first-order valence-electron chi connectivity index (χ1n) is 8.07. The maximum absolute atomic E-state index is 12.3. The van der Waals surface area contributed by atoms with Crippen LogP contribution < -0.4 is 5.32 Å². The minimum Gasteiger partial charge on any atom is -0.373 e. The van der Waals surface area contributed by atoms with Gasteiger partial charge in [0, 0.05) is 0 Å². The Kier molecular flexibility index (Phi) is 3.37. The van der Waals surface area contributed by atoms with Gasteiger partial charge in [-0.05, 0) is 31.4 Å². The number of para-hydroxylation sites is 2. The summed E-state index contributed by atoms with van der Waals surface area (Å²) < 4.78 is 7.88. The fourth-order valence-corrected chi connectivity index (χ4v) is 3.87. The van der Waals surface area contributed by atoms with Crippen molar-refractivity contribution >= 4 is 16.9 Å². The zero-order valence-electron chi connectivity index (χ0n) is 12.6. The van der Waals surface area contributed by atoms with Crippen LogP contribution >= 0.6 is 0 Å². The van der Waals surface area contributed by atoms with E-state index in [0.29, 0.717) is 13.2 Å². The van der Waals surface area contributed by atoms with Gasteiger partial charge in [-0.25, -0.2) is 4.98 Å². The average Bonchev–Trinajstić information content (AvgIpc) is 3.23. The molecule has 1 saturated carbocycles. The second-order valence-electron chi connectivity index (χ2n) is 6.53. The van der Waals surface area contributed by atoms with E-state index in [0.717, 1.165) is 30.3 Å². The monoisotopic (exact) mass is 299 g/mol. The number of nitrogens with one attached hydrogen (secondary N) is 1. The lowest BCUT2D eigenvalue weighted by atomic mass is 9.96. The number of fused-ring (bicyclic) bond motifs is 1. The Hall–Kier alpha value is -1.88. The normalized spacial score (nSPS) is 23.4. The molecule has 22 heavy (non-hydrogen) atoms. The zero-order chi connectivity index (χ0) is 15.0. The molecule has 5 nitrogen and oxygen atoms in total. The molecule has 0 bridgehead atoms. The van der Waals surface area contributed by atoms with Gasteiger partial charge >= 0.3 is 0 Å². The van der Waals surface area contributed by atoms with E-state index < -0.39 is 0 Å². The molecule has 2 aromatic rings. The van der Waals surface area contributed by atoms with Crippen molar-refractivity contribution in [3.05, 3.63) is 30.6 Å². The van der Waals surface area contributed by atoms with Crippen molar-refractivity contribution in [3.8, 4) is 0 Å². The molecule has 2 fully saturated rings. The van der Waals surface area contributed by atoms with Crippen molar-refractivity contribution in [1.82, 2.24) is 14.9 Å². The highest BCUT2D eigenvalue weighted by molar-refractivity contribution is 5.80. The minimum atomic E-state index is 0.0341. The van der Waals surface area contributed by atoms with Crippen LogP contribution in [0.2, 0.25) is 0 Å². The van der Waals surface area contributed by atoms with Crippen LogP contribution in [0.25, 0.3) is 11.0 Å². The third-order valence-corrected chi connectivity index (χ3v) is 4.93. The van der Waals surface area contributed by atoms with Crippen LogP contribution in [0.1, 0.15) is 32.1 Å². The van der Waals surface area contributed by atoms with Crippen molar-refractivity contribution in [2.24, 2.45) is 0 Å². The molecule has 2 aliphatic rings. The van der Waals surface area contributed by atoms with Crippen LogP contribution in [0.3, 0.4) is 0 Å². The number of rotatable bonds is 3. The maximum atomic E-state index is 12.3. The van der Waals surface area contributed by atoms with Gasteiger partial charge in [-0.2, -0.15) is 0 Å². The fourth-order valence-electron chi connectivity index (χ4n) is 3.87. The Morgan fingerprint density at radius 3 is 3.05 bits per heavy atom. The van der Waals surface area contributed by atoms with E-state index in [9.17, 15) is 4.79 Å². The highest BCUT2D eigenvalue weighted by atomic mass is 16.5. The van der Waals surface area contributed by atoms with Crippen LogP contribution in [-0.4, -0.2) is 33.7 Å². The lowest BCUT2D eigenvalue weighted by Gasteiger charge is -2.21. The van der Waals surface area contributed by atoms with E-state index >= 15 is 0 Å². The molecule has 2 heterocycles. The SMILES string of the molecule is O=C(Cn1cnc2ccccc21)N[C@H]1COC2(CCCC2)C1. The molecule has 1 amide bonds. The molecule has 4 rings (SSSR count). The second-order valence-corrected chi connectivity index (χ2v) is 6.53. The number of benzene rings is 1. The number of hydrogen-bond donors (Lipinski definition) is 1. The summed E-state index contributed by atoms with van der Waals surface area (Å²) in [7, 11) is 0. The van der Waals surface area contributed by atoms with Gasteiger partial charge in [0.2, 0.25) is 5.91 Å². The summed E-state index contributed by atoms with van der Waals surface area (Å²) in [5, 5.41) is 3.12. The molecule has 0 unspecified atom stereocenters. The van der Waals surface area contributed by atoms with Crippen molar-refractivity contribution in [2.75, 3.05) is 6.61 Å². The number of ether oxygens (including phenoxy) is 1. The number of imidazole rings is 1. The Labute approximate surface area is 129 Å². The number of carbonyl (C=O) groups is 1. The molecule has 0 radical (unpaired) electrons. The van der Waals surface area contributed by atoms with Gasteiger partial charge in [0.1, 0.15) is 6.54 Å². The van der Waals surface area contributed by atoms with E-state index in [1.807, 2.05) is 28.8 Å². The lowest BCUT2D eigenvalue weighted by Crippen LogP contribution is -2.38. The van der Waals surface area contributed by atoms with E-state index in [1.54, 1.807) is 6.33 Å². The Morgan fingerprint density at radius 1 is 1.36 bits per heavy atom. The van der Waals surface area contributed by atoms with Crippen LogP contribution in [0.15, 0.2) is 30.6 Å². The van der Waals surface area contributed by atoms with Crippen LogP contribution in [0, 0.1) is 0 Å². The Balaban J connectivity index is 1.39. The van der Waals surface area contributed by atoms with Gasteiger partial charge in [0.15, 0.2) is 0 Å². The van der Waals surface area contributed by atoms with Crippen molar-refractivity contribution in [2.45, 2.75) is 50.3 Å². The smallest absolute Gasteiger partial charge is 0.240 e. The van der Waals surface area contributed by atoms with E-state index in [1.165, 1.54) is 12.8 Å². The fraction of sp³-hybridized carbons (Fsp3) is 0.529. The first-order valence-corrected chi connectivity index (χ1v) is 8.07. The number of aromatic nitrogens is 2. The van der Waals surface area contributed by atoms with Gasteiger partial charge in [0.25, 0.3) is 0 Å². The van der Waals surface area contributed by atoms with Crippen LogP contribution in [-0.2, 0) is 16.1 Å². The molecule has 1 aliphatic heterocycles.